The second kappa shape index (κ2) is 19.7. The third-order valence-electron chi connectivity index (χ3n) is 9.80. The van der Waals surface area contributed by atoms with Gasteiger partial charge in [0.25, 0.3) is 0 Å². The highest BCUT2D eigenvalue weighted by molar-refractivity contribution is 7.98. The molecule has 1 fully saturated rings. The molecule has 2 aromatic heterocycles. The number of benzene rings is 3. The van der Waals surface area contributed by atoms with E-state index in [-0.39, 0.29) is 35.2 Å². The third kappa shape index (κ3) is 11.3. The van der Waals surface area contributed by atoms with Gasteiger partial charge in [-0.25, -0.2) is 18.4 Å². The van der Waals surface area contributed by atoms with Crippen molar-refractivity contribution in [3.63, 3.8) is 0 Å². The molecule has 0 aliphatic carbocycles. The van der Waals surface area contributed by atoms with Crippen LogP contribution in [0.3, 0.4) is 0 Å². The van der Waals surface area contributed by atoms with E-state index in [9.17, 15) is 41.1 Å². The molecule has 1 saturated heterocycles. The van der Waals surface area contributed by atoms with Crippen LogP contribution in [0.1, 0.15) is 36.5 Å². The molecule has 0 spiro atoms. The molecule has 3 aromatic carbocycles. The summed E-state index contributed by atoms with van der Waals surface area (Å²) in [7, 11) is 0. The number of fused-ring (bicyclic) bond motifs is 1. The lowest BCUT2D eigenvalue weighted by molar-refractivity contribution is -0.165. The van der Waals surface area contributed by atoms with Gasteiger partial charge in [-0.1, -0.05) is 55.5 Å². The first-order valence-corrected chi connectivity index (χ1v) is 20.1. The molecule has 2 atom stereocenters. The van der Waals surface area contributed by atoms with Gasteiger partial charge in [0.05, 0.1) is 20.8 Å². The van der Waals surface area contributed by atoms with Gasteiger partial charge in [-0.3, -0.25) is 9.59 Å². The van der Waals surface area contributed by atoms with Gasteiger partial charge in [-0.15, -0.1) is 23.1 Å². The van der Waals surface area contributed by atoms with E-state index >= 15 is 0 Å². The highest BCUT2D eigenvalue weighted by Crippen LogP contribution is 2.32. The van der Waals surface area contributed by atoms with E-state index < -0.39 is 47.5 Å². The molecule has 0 saturated carbocycles. The number of pyridine rings is 1. The Hall–Kier alpha value is -5.14. The number of alkyl halides is 3. The summed E-state index contributed by atoms with van der Waals surface area (Å²) in [6.45, 7) is 5.01. The third-order valence-corrected chi connectivity index (χ3v) is 11.8. The van der Waals surface area contributed by atoms with Crippen molar-refractivity contribution in [1.82, 2.24) is 14.4 Å². The lowest BCUT2D eigenvalue weighted by atomic mass is 10.00. The van der Waals surface area contributed by atoms with Crippen molar-refractivity contribution in [2.45, 2.75) is 68.1 Å². The zero-order chi connectivity index (χ0) is 43.0. The number of hydrogen-bond acceptors (Lipinski definition) is 9. The number of aliphatic hydroxyl groups excluding tert-OH is 2. The average Bonchev–Trinajstić information content (AvgIpc) is 3.72. The summed E-state index contributed by atoms with van der Waals surface area (Å²) >= 11 is 2.46. The number of thioether (sulfide) groups is 1. The van der Waals surface area contributed by atoms with E-state index in [1.807, 2.05) is 29.2 Å². The van der Waals surface area contributed by atoms with Crippen molar-refractivity contribution in [3.05, 3.63) is 123 Å². The number of aliphatic carboxylic acids is 2. The molecular formula is C41H40F5N3O8S2. The van der Waals surface area contributed by atoms with Crippen LogP contribution in [-0.2, 0) is 39.4 Å². The number of carboxylic acids is 2. The Bertz CT molecular complexity index is 2290. The Morgan fingerprint density at radius 1 is 0.898 bits per heavy atom. The van der Waals surface area contributed by atoms with Crippen LogP contribution in [0.15, 0.2) is 94.1 Å². The normalized spacial score (nSPS) is 14.6. The van der Waals surface area contributed by atoms with Gasteiger partial charge in [0.1, 0.15) is 6.54 Å². The van der Waals surface area contributed by atoms with Crippen molar-refractivity contribution in [2.24, 2.45) is 0 Å². The van der Waals surface area contributed by atoms with Crippen molar-refractivity contribution < 1.29 is 56.8 Å². The molecule has 1 amide bonds. The predicted octanol–water partition coefficient (Wildman–Crippen LogP) is 6.71. The number of hydrogen-bond donors (Lipinski definition) is 4. The fraction of sp³-hybridized carbons (Fsp3) is 0.317. The summed E-state index contributed by atoms with van der Waals surface area (Å²) in [4.78, 5) is 51.1. The number of halogens is 5. The lowest BCUT2D eigenvalue weighted by Crippen LogP contribution is -2.48. The number of carboxylic acid groups (broad SMARTS) is 2. The smallest absolute Gasteiger partial charge is 0.416 e. The molecule has 18 heteroatoms. The molecule has 4 N–H and O–H groups in total. The molecule has 5 aromatic rings. The maximum absolute atomic E-state index is 14.5. The summed E-state index contributed by atoms with van der Waals surface area (Å²) < 4.78 is 69.9. The molecule has 59 heavy (non-hydrogen) atoms. The Morgan fingerprint density at radius 3 is 2.05 bits per heavy atom. The Kier molecular flexibility index (Phi) is 15.0. The number of carbonyl (C=O) groups excluding carboxylic acids is 1. The Balaban J connectivity index is 0.000000586. The minimum absolute atomic E-state index is 0.0280. The van der Waals surface area contributed by atoms with Crippen LogP contribution < -0.4 is 5.43 Å². The summed E-state index contributed by atoms with van der Waals surface area (Å²) in [5.41, 5.74) is 2.14. The maximum atomic E-state index is 14.5. The van der Waals surface area contributed by atoms with Gasteiger partial charge in [0.2, 0.25) is 5.91 Å². The van der Waals surface area contributed by atoms with E-state index in [0.29, 0.717) is 27.4 Å². The minimum atomic E-state index is -4.41. The quantitative estimate of drug-likeness (QED) is 0.0741. The van der Waals surface area contributed by atoms with E-state index in [1.54, 1.807) is 16.0 Å². The van der Waals surface area contributed by atoms with Gasteiger partial charge >= 0.3 is 18.1 Å². The fourth-order valence-corrected chi connectivity index (χ4v) is 8.33. The monoisotopic (exact) mass is 861 g/mol. The first-order chi connectivity index (χ1) is 28.0. The molecule has 0 bridgehead atoms. The predicted molar refractivity (Wildman–Crippen MR) is 212 cm³/mol. The second-order valence-corrected chi connectivity index (χ2v) is 15.5. The van der Waals surface area contributed by atoms with Gasteiger partial charge < -0.3 is 34.8 Å². The Labute approximate surface area is 342 Å². The van der Waals surface area contributed by atoms with Crippen LogP contribution in [0.25, 0.3) is 21.3 Å². The number of thiophene rings is 1. The SMILES string of the molecule is CCN1CCC(N(Cc2ccc(-c3ccc(C(F)(F)F)cc3)cc2)C(=O)Cn2c(SCc3cccc(F)c3F)cc(=O)c3sccc32)CC1.O=C(O)C(O)C(O)C(=O)O. The van der Waals surface area contributed by atoms with Crippen molar-refractivity contribution >= 4 is 51.2 Å². The summed E-state index contributed by atoms with van der Waals surface area (Å²) in [5.74, 6) is -5.50. The summed E-state index contributed by atoms with van der Waals surface area (Å²) in [5, 5.41) is 34.8. The van der Waals surface area contributed by atoms with E-state index in [1.165, 1.54) is 53.4 Å². The first-order valence-electron chi connectivity index (χ1n) is 18.2. The molecule has 0 radical (unpaired) electrons. The van der Waals surface area contributed by atoms with Crippen LogP contribution in [0.4, 0.5) is 22.0 Å². The largest absolute Gasteiger partial charge is 0.479 e. The number of nitrogens with zero attached hydrogens (tertiary/aromatic N) is 3. The highest BCUT2D eigenvalue weighted by atomic mass is 32.2. The number of piperidine rings is 1. The summed E-state index contributed by atoms with van der Waals surface area (Å²) in [6, 6.07) is 19.7. The van der Waals surface area contributed by atoms with Gasteiger partial charge in [0.15, 0.2) is 29.3 Å². The molecule has 3 heterocycles. The number of likely N-dealkylation sites (tertiary alicyclic amines) is 1. The number of aliphatic hydroxyl groups is 2. The lowest BCUT2D eigenvalue weighted by Gasteiger charge is -2.38. The topological polar surface area (TPSA) is 161 Å². The molecule has 314 valence electrons. The van der Waals surface area contributed by atoms with Crippen LogP contribution in [0, 0.1) is 11.6 Å². The van der Waals surface area contributed by atoms with Crippen LogP contribution in [0.2, 0.25) is 0 Å². The first kappa shape index (κ1) is 45.0. The minimum Gasteiger partial charge on any atom is -0.479 e. The molecular weight excluding hydrogens is 822 g/mol. The standard InChI is InChI=1S/C37H34F5N3O2S2.C4H6O6/c1-2-43-17-14-29(15-18-43)44(21-24-6-8-25(9-7-24)26-10-12-28(13-11-26)37(40,41)42)33(47)22-45-31-16-19-48-36(31)32(46)20-34(45)49-23-27-4-3-5-30(38)35(27)39;5-1(3(7)8)2(6)4(9)10/h3-13,16,19-20,29H,2,14-15,17-18,21-23H2,1H3;1-2,5-6H,(H,7,8)(H,9,10). The highest BCUT2D eigenvalue weighted by Gasteiger charge is 2.31. The van der Waals surface area contributed by atoms with Crippen molar-refractivity contribution in [1.29, 1.82) is 0 Å². The van der Waals surface area contributed by atoms with Crippen LogP contribution in [-0.4, -0.2) is 90.5 Å². The average molecular weight is 862 g/mol. The number of rotatable bonds is 13. The van der Waals surface area contributed by atoms with Gasteiger partial charge in [0, 0.05) is 43.1 Å². The molecule has 11 nitrogen and oxygen atoms in total. The van der Waals surface area contributed by atoms with Gasteiger partial charge in [-0.05, 0) is 65.7 Å². The maximum Gasteiger partial charge on any atom is 0.416 e. The summed E-state index contributed by atoms with van der Waals surface area (Å²) in [6.07, 6.45) is -7.35. The van der Waals surface area contributed by atoms with Gasteiger partial charge in [-0.2, -0.15) is 13.2 Å². The zero-order valence-electron chi connectivity index (χ0n) is 31.4. The number of carbonyl (C=O) groups is 3. The van der Waals surface area contributed by atoms with E-state index in [0.717, 1.165) is 61.8 Å². The van der Waals surface area contributed by atoms with Crippen LogP contribution in [0.5, 0.6) is 0 Å². The van der Waals surface area contributed by atoms with E-state index in [4.69, 9.17) is 20.4 Å². The second-order valence-electron chi connectivity index (χ2n) is 13.6. The number of amides is 1. The number of aromatic nitrogens is 1. The fourth-order valence-electron chi connectivity index (χ4n) is 6.48. The Morgan fingerprint density at radius 2 is 1.49 bits per heavy atom. The van der Waals surface area contributed by atoms with E-state index in [2.05, 4.69) is 11.8 Å². The zero-order valence-corrected chi connectivity index (χ0v) is 33.1. The molecule has 2 unspecified atom stereocenters. The van der Waals surface area contributed by atoms with Crippen molar-refractivity contribution in [3.8, 4) is 11.1 Å². The molecule has 1 aliphatic rings. The van der Waals surface area contributed by atoms with Crippen molar-refractivity contribution in [2.75, 3.05) is 19.6 Å². The molecule has 6 rings (SSSR count). The van der Waals surface area contributed by atoms with Crippen LogP contribution >= 0.6 is 23.1 Å². The molecule has 1 aliphatic heterocycles.